The van der Waals surface area contributed by atoms with Gasteiger partial charge in [-0.15, -0.1) is 11.3 Å². The highest BCUT2D eigenvalue weighted by molar-refractivity contribution is 7.18. The Morgan fingerprint density at radius 1 is 1.26 bits per heavy atom. The molecule has 2 aliphatic rings. The van der Waals surface area contributed by atoms with Crippen LogP contribution in [0.3, 0.4) is 0 Å². The highest BCUT2D eigenvalue weighted by atomic mass is 32.1. The number of halogens is 3. The molecule has 0 aromatic carbocycles. The van der Waals surface area contributed by atoms with Gasteiger partial charge in [0.15, 0.2) is 0 Å². The second-order valence-corrected chi connectivity index (χ2v) is 9.13. The molecule has 0 amide bonds. The largest absolute Gasteiger partial charge is 0.393 e. The zero-order valence-corrected chi connectivity index (χ0v) is 16.2. The molecule has 1 spiro atoms. The van der Waals surface area contributed by atoms with Gasteiger partial charge in [-0.2, -0.15) is 13.2 Å². The zero-order valence-electron chi connectivity index (χ0n) is 15.3. The fourth-order valence-electron chi connectivity index (χ4n) is 4.33. The third kappa shape index (κ3) is 3.96. The molecule has 0 saturated carbocycles. The molecule has 0 bridgehead atoms. The molecule has 2 aromatic rings. The Morgan fingerprint density at radius 2 is 1.96 bits per heavy atom. The first-order valence-corrected chi connectivity index (χ1v) is 9.97. The lowest BCUT2D eigenvalue weighted by Gasteiger charge is -2.54. The molecule has 8 heteroatoms. The van der Waals surface area contributed by atoms with Crippen molar-refractivity contribution in [2.45, 2.75) is 32.4 Å². The van der Waals surface area contributed by atoms with Gasteiger partial charge in [-0.25, -0.2) is 9.97 Å². The molecule has 4 heterocycles. The van der Waals surface area contributed by atoms with Crippen LogP contribution in [0, 0.1) is 5.41 Å². The summed E-state index contributed by atoms with van der Waals surface area (Å²) in [5.41, 5.74) is 1.58. The Kier molecular flexibility index (Phi) is 4.66. The quantitative estimate of drug-likeness (QED) is 0.723. The fraction of sp³-hybridized carbons (Fsp3) is 0.579. The number of piperidine rings is 1. The number of hydrogen-bond donors (Lipinski definition) is 0. The maximum Gasteiger partial charge on any atom is 0.393 e. The van der Waals surface area contributed by atoms with Crippen LogP contribution in [0.15, 0.2) is 24.5 Å². The average molecular weight is 396 g/mol. The number of rotatable bonds is 4. The summed E-state index contributed by atoms with van der Waals surface area (Å²) in [6.45, 7) is 11.0. The predicted molar refractivity (Wildman–Crippen MR) is 102 cm³/mol. The van der Waals surface area contributed by atoms with E-state index < -0.39 is 12.6 Å². The third-order valence-corrected chi connectivity index (χ3v) is 6.51. The SMILES string of the molecule is C=C(C)CN1CC2(CCN(c3ncnc4sc(CC(F)(F)F)cc34)CC2)C1. The van der Waals surface area contributed by atoms with Gasteiger partial charge in [0.05, 0.1) is 11.8 Å². The molecule has 2 aliphatic heterocycles. The minimum absolute atomic E-state index is 0.294. The van der Waals surface area contributed by atoms with Crippen molar-refractivity contribution in [1.82, 2.24) is 14.9 Å². The standard InChI is InChI=1S/C19H23F3N4S/c1-13(2)9-25-10-18(11-25)3-5-26(6-4-18)16-15-7-14(8-19(20,21)22)27-17(15)24-12-23-16/h7,12H,1,3-6,8-11H2,2H3. The first-order chi connectivity index (χ1) is 12.7. The molecule has 2 aromatic heterocycles. The molecule has 4 rings (SSSR count). The molecule has 0 N–H and O–H groups in total. The van der Waals surface area contributed by atoms with E-state index in [0.29, 0.717) is 15.1 Å². The molecule has 2 saturated heterocycles. The minimum Gasteiger partial charge on any atom is -0.356 e. The maximum absolute atomic E-state index is 12.7. The average Bonchev–Trinajstić information content (AvgIpc) is 2.93. The van der Waals surface area contributed by atoms with Crippen molar-refractivity contribution in [3.05, 3.63) is 29.4 Å². The topological polar surface area (TPSA) is 32.3 Å². The second-order valence-electron chi connectivity index (χ2n) is 8.01. The number of fused-ring (bicyclic) bond motifs is 1. The lowest BCUT2D eigenvalue weighted by Crippen LogP contribution is -2.60. The molecule has 2 fully saturated rings. The van der Waals surface area contributed by atoms with E-state index in [0.717, 1.165) is 68.1 Å². The molecule has 27 heavy (non-hydrogen) atoms. The van der Waals surface area contributed by atoms with Gasteiger partial charge in [0.2, 0.25) is 0 Å². The van der Waals surface area contributed by atoms with Gasteiger partial charge in [-0.3, -0.25) is 4.90 Å². The number of hydrogen-bond acceptors (Lipinski definition) is 5. The number of anilines is 1. The van der Waals surface area contributed by atoms with Crippen LogP contribution in [-0.4, -0.2) is 53.8 Å². The smallest absolute Gasteiger partial charge is 0.356 e. The molecule has 0 unspecified atom stereocenters. The molecule has 4 nitrogen and oxygen atoms in total. The Morgan fingerprint density at radius 3 is 2.59 bits per heavy atom. The van der Waals surface area contributed by atoms with Crippen LogP contribution in [0.2, 0.25) is 0 Å². The number of alkyl halides is 3. The van der Waals surface area contributed by atoms with E-state index in [4.69, 9.17) is 0 Å². The number of aromatic nitrogens is 2. The van der Waals surface area contributed by atoms with Crippen LogP contribution >= 0.6 is 11.3 Å². The van der Waals surface area contributed by atoms with E-state index in [1.165, 1.54) is 11.9 Å². The summed E-state index contributed by atoms with van der Waals surface area (Å²) in [6, 6.07) is 1.62. The van der Waals surface area contributed by atoms with Crippen LogP contribution in [-0.2, 0) is 6.42 Å². The highest BCUT2D eigenvalue weighted by Crippen LogP contribution is 2.42. The van der Waals surface area contributed by atoms with Crippen LogP contribution in [0.5, 0.6) is 0 Å². The third-order valence-electron chi connectivity index (χ3n) is 5.47. The molecular weight excluding hydrogens is 373 g/mol. The van der Waals surface area contributed by atoms with Crippen LogP contribution < -0.4 is 4.90 Å². The summed E-state index contributed by atoms with van der Waals surface area (Å²) in [5, 5.41) is 0.746. The Balaban J connectivity index is 1.46. The van der Waals surface area contributed by atoms with Crippen LogP contribution in [0.4, 0.5) is 19.0 Å². The molecule has 146 valence electrons. The summed E-state index contributed by atoms with van der Waals surface area (Å²) in [4.78, 5) is 14.2. The molecular formula is C19H23F3N4S. The van der Waals surface area contributed by atoms with Gasteiger partial charge in [0.25, 0.3) is 0 Å². The van der Waals surface area contributed by atoms with Crippen molar-refractivity contribution in [2.75, 3.05) is 37.6 Å². The Hall–Kier alpha value is -1.67. The summed E-state index contributed by atoms with van der Waals surface area (Å²) in [5.74, 6) is 0.776. The van der Waals surface area contributed by atoms with Crippen molar-refractivity contribution < 1.29 is 13.2 Å². The van der Waals surface area contributed by atoms with Crippen LogP contribution in [0.1, 0.15) is 24.6 Å². The first-order valence-electron chi connectivity index (χ1n) is 9.15. The van der Waals surface area contributed by atoms with Gasteiger partial charge in [-0.1, -0.05) is 12.2 Å². The number of thiophene rings is 1. The van der Waals surface area contributed by atoms with Crippen molar-refractivity contribution >= 4 is 27.4 Å². The van der Waals surface area contributed by atoms with Gasteiger partial charge in [0.1, 0.15) is 17.0 Å². The van der Waals surface area contributed by atoms with E-state index in [2.05, 4.69) is 33.3 Å². The van der Waals surface area contributed by atoms with E-state index in [9.17, 15) is 13.2 Å². The summed E-state index contributed by atoms with van der Waals surface area (Å²) < 4.78 is 38.2. The van der Waals surface area contributed by atoms with E-state index in [-0.39, 0.29) is 0 Å². The lowest BCUT2D eigenvalue weighted by molar-refractivity contribution is -0.126. The van der Waals surface area contributed by atoms with E-state index in [1.807, 2.05) is 0 Å². The monoisotopic (exact) mass is 396 g/mol. The van der Waals surface area contributed by atoms with E-state index in [1.54, 1.807) is 6.07 Å². The van der Waals surface area contributed by atoms with Crippen molar-refractivity contribution in [2.24, 2.45) is 5.41 Å². The van der Waals surface area contributed by atoms with Gasteiger partial charge >= 0.3 is 6.18 Å². The summed E-state index contributed by atoms with van der Waals surface area (Å²) >= 11 is 1.11. The highest BCUT2D eigenvalue weighted by Gasteiger charge is 2.44. The van der Waals surface area contributed by atoms with Crippen molar-refractivity contribution in [3.63, 3.8) is 0 Å². The van der Waals surface area contributed by atoms with Gasteiger partial charge < -0.3 is 4.90 Å². The number of nitrogens with zero attached hydrogens (tertiary/aromatic N) is 4. The predicted octanol–water partition coefficient (Wildman–Crippen LogP) is 4.27. The number of likely N-dealkylation sites (tertiary alicyclic amines) is 1. The van der Waals surface area contributed by atoms with Crippen molar-refractivity contribution in [1.29, 1.82) is 0 Å². The minimum atomic E-state index is -4.20. The summed E-state index contributed by atoms with van der Waals surface area (Å²) in [7, 11) is 0. The van der Waals surface area contributed by atoms with Gasteiger partial charge in [-0.05, 0) is 31.2 Å². The van der Waals surface area contributed by atoms with Crippen molar-refractivity contribution in [3.8, 4) is 0 Å². The van der Waals surface area contributed by atoms with Crippen LogP contribution in [0.25, 0.3) is 10.2 Å². The molecule has 0 radical (unpaired) electrons. The maximum atomic E-state index is 12.7. The fourth-order valence-corrected chi connectivity index (χ4v) is 5.36. The van der Waals surface area contributed by atoms with Gasteiger partial charge in [0, 0.05) is 37.6 Å². The van der Waals surface area contributed by atoms with E-state index >= 15 is 0 Å². The summed E-state index contributed by atoms with van der Waals surface area (Å²) in [6.07, 6.45) is -1.47. The Bertz CT molecular complexity index is 844. The zero-order chi connectivity index (χ0) is 19.2. The first kappa shape index (κ1) is 18.7. The molecule has 0 aliphatic carbocycles. The normalized spacial score (nSPS) is 20.2. The lowest BCUT2D eigenvalue weighted by atomic mass is 9.72. The second kappa shape index (κ2) is 6.74. The Labute approximate surface area is 160 Å². The molecule has 0 atom stereocenters.